The number of methoxy groups -OCH3 is 2. The zero-order valence-electron chi connectivity index (χ0n) is 14.3. The van der Waals surface area contributed by atoms with Crippen LogP contribution in [-0.4, -0.2) is 26.4 Å². The van der Waals surface area contributed by atoms with Crippen molar-refractivity contribution in [3.63, 3.8) is 0 Å². The van der Waals surface area contributed by atoms with Gasteiger partial charge in [-0.1, -0.05) is 64.2 Å². The van der Waals surface area contributed by atoms with Crippen LogP contribution >= 0.6 is 0 Å². The van der Waals surface area contributed by atoms with Gasteiger partial charge >= 0.3 is 0 Å². The van der Waals surface area contributed by atoms with E-state index < -0.39 is 0 Å². The van der Waals surface area contributed by atoms with Gasteiger partial charge in [-0.05, 0) is 31.1 Å². The van der Waals surface area contributed by atoms with Crippen LogP contribution in [-0.2, 0) is 9.47 Å². The highest BCUT2D eigenvalue weighted by Gasteiger charge is 2.24. The molecule has 21 heavy (non-hydrogen) atoms. The average Bonchev–Trinajstić information content (AvgIpc) is 2.55. The van der Waals surface area contributed by atoms with Gasteiger partial charge in [0.2, 0.25) is 0 Å². The smallest absolute Gasteiger partial charge is 0.0598 e. The van der Waals surface area contributed by atoms with E-state index in [4.69, 9.17) is 9.47 Å². The van der Waals surface area contributed by atoms with Crippen molar-refractivity contribution in [1.29, 1.82) is 0 Å². The Bertz CT molecular complexity index is 228. The van der Waals surface area contributed by atoms with Gasteiger partial charge in [0.25, 0.3) is 0 Å². The van der Waals surface area contributed by atoms with E-state index in [1.54, 1.807) is 0 Å². The van der Waals surface area contributed by atoms with E-state index in [1.165, 1.54) is 77.0 Å². The lowest BCUT2D eigenvalue weighted by atomic mass is 9.82. The summed E-state index contributed by atoms with van der Waals surface area (Å²) in [6.07, 6.45) is 18.7. The van der Waals surface area contributed by atoms with Crippen LogP contribution in [0.2, 0.25) is 0 Å². The maximum atomic E-state index is 5.79. The van der Waals surface area contributed by atoms with Crippen LogP contribution in [0.25, 0.3) is 0 Å². The van der Waals surface area contributed by atoms with Crippen molar-refractivity contribution in [3.8, 4) is 0 Å². The molecule has 2 atom stereocenters. The predicted molar refractivity (Wildman–Crippen MR) is 88.6 cm³/mol. The molecule has 0 saturated heterocycles. The highest BCUT2D eigenvalue weighted by atomic mass is 16.5. The fourth-order valence-electron chi connectivity index (χ4n) is 4.46. The van der Waals surface area contributed by atoms with Gasteiger partial charge in [-0.15, -0.1) is 0 Å². The zero-order chi connectivity index (χ0) is 14.9. The molecule has 0 amide bonds. The summed E-state index contributed by atoms with van der Waals surface area (Å²) in [5.41, 5.74) is 0. The van der Waals surface area contributed by atoms with Gasteiger partial charge in [0.1, 0.15) is 0 Å². The van der Waals surface area contributed by atoms with E-state index in [2.05, 4.69) is 0 Å². The second-order valence-electron chi connectivity index (χ2n) is 7.43. The Kier molecular flexibility index (Phi) is 8.10. The van der Waals surface area contributed by atoms with Gasteiger partial charge in [-0.25, -0.2) is 0 Å². The molecule has 0 spiro atoms. The quantitative estimate of drug-likeness (QED) is 0.601. The summed E-state index contributed by atoms with van der Waals surface area (Å²) in [4.78, 5) is 0. The summed E-state index contributed by atoms with van der Waals surface area (Å²) in [6.45, 7) is 0. The van der Waals surface area contributed by atoms with Crippen molar-refractivity contribution in [1.82, 2.24) is 0 Å². The standard InChI is InChI=1S/C19H36O2/c1-20-18(13-16-9-5-3-6-10-16)15-19(21-2)14-17-11-7-4-8-12-17/h16-19H,3-15H2,1-2H3. The van der Waals surface area contributed by atoms with Crippen molar-refractivity contribution in [2.45, 2.75) is 95.7 Å². The number of rotatable bonds is 8. The highest BCUT2D eigenvalue weighted by molar-refractivity contribution is 4.76. The lowest BCUT2D eigenvalue weighted by molar-refractivity contribution is -0.00236. The first-order valence-corrected chi connectivity index (χ1v) is 9.37. The molecule has 124 valence electrons. The van der Waals surface area contributed by atoms with Crippen molar-refractivity contribution in [2.24, 2.45) is 11.8 Å². The summed E-state index contributed by atoms with van der Waals surface area (Å²) in [5.74, 6) is 1.80. The third kappa shape index (κ3) is 6.28. The molecular weight excluding hydrogens is 260 g/mol. The molecule has 2 heteroatoms. The molecular formula is C19H36O2. The van der Waals surface area contributed by atoms with E-state index in [0.29, 0.717) is 12.2 Å². The molecule has 0 aromatic heterocycles. The van der Waals surface area contributed by atoms with Gasteiger partial charge in [0, 0.05) is 14.2 Å². The molecule has 2 unspecified atom stereocenters. The van der Waals surface area contributed by atoms with E-state index in [0.717, 1.165) is 18.3 Å². The summed E-state index contributed by atoms with van der Waals surface area (Å²) in [5, 5.41) is 0. The second-order valence-corrected chi connectivity index (χ2v) is 7.43. The minimum absolute atomic E-state index is 0.404. The summed E-state index contributed by atoms with van der Waals surface area (Å²) >= 11 is 0. The third-order valence-electron chi connectivity index (χ3n) is 5.83. The van der Waals surface area contributed by atoms with E-state index in [1.807, 2.05) is 14.2 Å². The molecule has 2 fully saturated rings. The van der Waals surface area contributed by atoms with E-state index in [-0.39, 0.29) is 0 Å². The first-order valence-electron chi connectivity index (χ1n) is 9.37. The Morgan fingerprint density at radius 3 is 1.38 bits per heavy atom. The molecule has 0 heterocycles. The first kappa shape index (κ1) is 17.3. The lowest BCUT2D eigenvalue weighted by Crippen LogP contribution is -2.27. The number of hydrogen-bond acceptors (Lipinski definition) is 2. The average molecular weight is 296 g/mol. The minimum atomic E-state index is 0.404. The fourth-order valence-corrected chi connectivity index (χ4v) is 4.46. The summed E-state index contributed by atoms with van der Waals surface area (Å²) in [6, 6.07) is 0. The predicted octanol–water partition coefficient (Wildman–Crippen LogP) is 5.35. The van der Waals surface area contributed by atoms with Gasteiger partial charge < -0.3 is 9.47 Å². The SMILES string of the molecule is COC(CC1CCCCC1)CC(CC1CCCCC1)OC. The Balaban J connectivity index is 1.74. The zero-order valence-corrected chi connectivity index (χ0v) is 14.3. The summed E-state index contributed by atoms with van der Waals surface area (Å²) in [7, 11) is 3.78. The normalized spacial score (nSPS) is 24.9. The Morgan fingerprint density at radius 2 is 1.05 bits per heavy atom. The number of hydrogen-bond donors (Lipinski definition) is 0. The molecule has 0 bridgehead atoms. The van der Waals surface area contributed by atoms with Crippen LogP contribution < -0.4 is 0 Å². The van der Waals surface area contributed by atoms with Crippen molar-refractivity contribution < 1.29 is 9.47 Å². The lowest BCUT2D eigenvalue weighted by Gasteiger charge is -2.30. The molecule has 0 aromatic carbocycles. The summed E-state index contributed by atoms with van der Waals surface area (Å²) < 4.78 is 11.6. The maximum absolute atomic E-state index is 5.79. The third-order valence-corrected chi connectivity index (χ3v) is 5.83. The minimum Gasteiger partial charge on any atom is -0.381 e. The van der Waals surface area contributed by atoms with Crippen LogP contribution in [0.3, 0.4) is 0 Å². The molecule has 2 aliphatic rings. The Hall–Kier alpha value is -0.0800. The van der Waals surface area contributed by atoms with Gasteiger partial charge in [0.05, 0.1) is 12.2 Å². The van der Waals surface area contributed by atoms with Crippen LogP contribution in [0, 0.1) is 11.8 Å². The first-order chi connectivity index (χ1) is 10.3. The van der Waals surface area contributed by atoms with Crippen LogP contribution in [0.15, 0.2) is 0 Å². The fraction of sp³-hybridized carbons (Fsp3) is 1.00. The molecule has 0 aliphatic heterocycles. The van der Waals surface area contributed by atoms with Crippen molar-refractivity contribution in [3.05, 3.63) is 0 Å². The largest absolute Gasteiger partial charge is 0.381 e. The van der Waals surface area contributed by atoms with Gasteiger partial charge in [0.15, 0.2) is 0 Å². The van der Waals surface area contributed by atoms with Crippen LogP contribution in [0.5, 0.6) is 0 Å². The number of ether oxygens (including phenoxy) is 2. The second kappa shape index (κ2) is 9.84. The monoisotopic (exact) mass is 296 g/mol. The van der Waals surface area contributed by atoms with Crippen LogP contribution in [0.1, 0.15) is 83.5 Å². The topological polar surface area (TPSA) is 18.5 Å². The Morgan fingerprint density at radius 1 is 0.667 bits per heavy atom. The molecule has 0 radical (unpaired) electrons. The maximum Gasteiger partial charge on any atom is 0.0598 e. The molecule has 2 aliphatic carbocycles. The van der Waals surface area contributed by atoms with Gasteiger partial charge in [-0.3, -0.25) is 0 Å². The molecule has 0 N–H and O–H groups in total. The van der Waals surface area contributed by atoms with E-state index in [9.17, 15) is 0 Å². The van der Waals surface area contributed by atoms with Gasteiger partial charge in [-0.2, -0.15) is 0 Å². The van der Waals surface area contributed by atoms with E-state index >= 15 is 0 Å². The molecule has 0 aromatic rings. The van der Waals surface area contributed by atoms with Crippen molar-refractivity contribution >= 4 is 0 Å². The Labute approximate surface area is 132 Å². The highest BCUT2D eigenvalue weighted by Crippen LogP contribution is 2.32. The molecule has 2 rings (SSSR count). The molecule has 2 saturated carbocycles. The van der Waals surface area contributed by atoms with Crippen molar-refractivity contribution in [2.75, 3.05) is 14.2 Å². The molecule has 2 nitrogen and oxygen atoms in total. The van der Waals surface area contributed by atoms with Crippen LogP contribution in [0.4, 0.5) is 0 Å².